The fourth-order valence-electron chi connectivity index (χ4n) is 12.0. The first-order valence-corrected chi connectivity index (χ1v) is 25.7. The smallest absolute Gasteiger partial charge is 0.162 e. The molecule has 0 spiro atoms. The highest BCUT2D eigenvalue weighted by atomic mass is 15.1. The van der Waals surface area contributed by atoms with Gasteiger partial charge in [-0.2, -0.15) is 0 Å². The van der Waals surface area contributed by atoms with Crippen LogP contribution < -0.4 is 0 Å². The Morgan fingerprint density at radius 3 is 0.632 bits per heavy atom. The van der Waals surface area contributed by atoms with E-state index < -0.39 is 0 Å². The second kappa shape index (κ2) is 16.5. The summed E-state index contributed by atoms with van der Waals surface area (Å²) in [5, 5.41) is 9.44. The van der Waals surface area contributed by atoms with Gasteiger partial charge in [-0.15, -0.1) is 0 Å². The molecule has 8 heterocycles. The number of aromatic nitrogens is 8. The van der Waals surface area contributed by atoms with Crippen LogP contribution in [0.5, 0.6) is 0 Å². The maximum absolute atomic E-state index is 5.64. The van der Waals surface area contributed by atoms with Crippen LogP contribution in [0, 0.1) is 0 Å². The first-order valence-electron chi connectivity index (χ1n) is 25.7. The zero-order chi connectivity index (χ0) is 49.8. The lowest BCUT2D eigenvalue weighted by Gasteiger charge is -2.17. The third-order valence-corrected chi connectivity index (χ3v) is 15.2. The van der Waals surface area contributed by atoms with Gasteiger partial charge in [0.2, 0.25) is 0 Å². The molecule has 0 radical (unpaired) electrons. The molecule has 0 fully saturated rings. The molecule has 8 aromatic carbocycles. The average molecular weight is 971 g/mol. The van der Waals surface area contributed by atoms with Crippen LogP contribution in [0.15, 0.2) is 255 Å². The van der Waals surface area contributed by atoms with Crippen molar-refractivity contribution in [3.8, 4) is 57.2 Å². The summed E-state index contributed by atoms with van der Waals surface area (Å²) in [7, 11) is 0. The Bertz CT molecular complexity index is 4500. The predicted molar refractivity (Wildman–Crippen MR) is 311 cm³/mol. The highest BCUT2D eigenvalue weighted by Gasteiger charge is 2.24. The van der Waals surface area contributed by atoms with Crippen molar-refractivity contribution in [1.82, 2.24) is 38.2 Å². The molecule has 0 aliphatic rings. The van der Waals surface area contributed by atoms with Crippen molar-refractivity contribution in [1.29, 1.82) is 0 Å². The second-order valence-corrected chi connectivity index (χ2v) is 19.4. The van der Waals surface area contributed by atoms with E-state index in [2.05, 4.69) is 237 Å². The van der Waals surface area contributed by atoms with Gasteiger partial charge in [0.05, 0.1) is 89.7 Å². The van der Waals surface area contributed by atoms with E-state index in [0.717, 1.165) is 101 Å². The molecule has 0 unspecified atom stereocenters. The third-order valence-electron chi connectivity index (χ3n) is 15.2. The highest BCUT2D eigenvalue weighted by Crippen LogP contribution is 2.41. The number of hydrogen-bond donors (Lipinski definition) is 0. The first-order chi connectivity index (χ1) is 37.7. The number of para-hydroxylation sites is 8. The summed E-state index contributed by atoms with van der Waals surface area (Å²) < 4.78 is 9.34. The Hall–Kier alpha value is -10.4. The zero-order valence-electron chi connectivity index (χ0n) is 40.8. The molecule has 16 rings (SSSR count). The Kier molecular flexibility index (Phi) is 9.17. The molecule has 0 saturated heterocycles. The van der Waals surface area contributed by atoms with Crippen molar-refractivity contribution in [3.63, 3.8) is 0 Å². The van der Waals surface area contributed by atoms with Crippen molar-refractivity contribution < 1.29 is 0 Å². The summed E-state index contributed by atoms with van der Waals surface area (Å²) in [5.74, 6) is 1.62. The van der Waals surface area contributed by atoms with E-state index in [-0.39, 0.29) is 0 Å². The van der Waals surface area contributed by atoms with Gasteiger partial charge in [0.1, 0.15) is 0 Å². The number of fused-ring (bicyclic) bond motifs is 12. The van der Waals surface area contributed by atoms with Crippen LogP contribution in [0.25, 0.3) is 144 Å². The Balaban J connectivity index is 0.865. The monoisotopic (exact) mass is 970 g/mol. The van der Waals surface area contributed by atoms with Crippen LogP contribution in [0.2, 0.25) is 0 Å². The standard InChI is InChI=1S/C68H42N8/c1-9-31-57-43(19-1)44-20-2-10-32-58(44)73(57)65-41-39-55(71-67(65)75-61-35-13-5-23-47(61)48-24-6-14-36-62(48)75)53-29-17-27-51(69-53)52-28-18-30-54(70-52)56-40-42-66(74-59-33-11-3-21-45(59)46-22-4-12-34-60(46)74)68(72-56)76-63-37-15-7-25-49(63)50-26-8-16-38-64(50)76/h1-42H. The molecule has 8 nitrogen and oxygen atoms in total. The van der Waals surface area contributed by atoms with E-state index in [4.69, 9.17) is 19.9 Å². The normalized spacial score (nSPS) is 11.9. The summed E-state index contributed by atoms with van der Waals surface area (Å²) in [4.78, 5) is 22.0. The van der Waals surface area contributed by atoms with Gasteiger partial charge < -0.3 is 9.13 Å². The fourth-order valence-corrected chi connectivity index (χ4v) is 12.0. The van der Waals surface area contributed by atoms with Crippen molar-refractivity contribution >= 4 is 87.2 Å². The molecule has 0 saturated carbocycles. The predicted octanol–water partition coefficient (Wildman–Crippen LogP) is 16.7. The molecule has 76 heavy (non-hydrogen) atoms. The Labute approximate surface area is 435 Å². The van der Waals surface area contributed by atoms with E-state index >= 15 is 0 Å². The van der Waals surface area contributed by atoms with E-state index in [1.807, 2.05) is 36.4 Å². The molecule has 8 heteroatoms. The highest BCUT2D eigenvalue weighted by molar-refractivity contribution is 6.13. The van der Waals surface area contributed by atoms with Gasteiger partial charge in [0.25, 0.3) is 0 Å². The number of rotatable bonds is 7. The fraction of sp³-hybridized carbons (Fsp3) is 0. The van der Waals surface area contributed by atoms with Crippen molar-refractivity contribution in [3.05, 3.63) is 255 Å². The average Bonchev–Trinajstić information content (AvgIpc) is 4.24. The number of hydrogen-bond acceptors (Lipinski definition) is 4. The van der Waals surface area contributed by atoms with Crippen LogP contribution in [0.4, 0.5) is 0 Å². The second-order valence-electron chi connectivity index (χ2n) is 19.4. The molecular formula is C68H42N8. The Morgan fingerprint density at radius 1 is 0.171 bits per heavy atom. The zero-order valence-corrected chi connectivity index (χ0v) is 40.8. The van der Waals surface area contributed by atoms with Crippen LogP contribution >= 0.6 is 0 Å². The molecule has 354 valence electrons. The van der Waals surface area contributed by atoms with E-state index in [9.17, 15) is 0 Å². The third kappa shape index (κ3) is 6.25. The molecular weight excluding hydrogens is 929 g/mol. The van der Waals surface area contributed by atoms with Crippen LogP contribution in [-0.2, 0) is 0 Å². The maximum Gasteiger partial charge on any atom is 0.162 e. The van der Waals surface area contributed by atoms with Gasteiger partial charge in [-0.05, 0) is 97.1 Å². The molecule has 0 aliphatic carbocycles. The lowest BCUT2D eigenvalue weighted by molar-refractivity contribution is 1.02. The quantitative estimate of drug-likeness (QED) is 0.160. The topological polar surface area (TPSA) is 71.3 Å². The minimum Gasteiger partial charge on any atom is -0.306 e. The summed E-state index contributed by atoms with van der Waals surface area (Å²) in [5.41, 5.74) is 15.2. The van der Waals surface area contributed by atoms with E-state index in [1.165, 1.54) is 43.1 Å². The molecule has 0 N–H and O–H groups in total. The number of pyridine rings is 4. The molecule has 0 atom stereocenters. The molecule has 8 aromatic heterocycles. The van der Waals surface area contributed by atoms with Gasteiger partial charge in [-0.3, -0.25) is 9.13 Å². The van der Waals surface area contributed by atoms with E-state index in [1.54, 1.807) is 0 Å². The summed E-state index contributed by atoms with van der Waals surface area (Å²) in [6.07, 6.45) is 0. The van der Waals surface area contributed by atoms with Crippen molar-refractivity contribution in [2.24, 2.45) is 0 Å². The summed E-state index contributed by atoms with van der Waals surface area (Å²) in [6.45, 7) is 0. The summed E-state index contributed by atoms with van der Waals surface area (Å²) >= 11 is 0. The molecule has 0 bridgehead atoms. The molecule has 0 amide bonds. The van der Waals surface area contributed by atoms with Gasteiger partial charge in [-0.25, -0.2) is 19.9 Å². The maximum atomic E-state index is 5.64. The summed E-state index contributed by atoms with van der Waals surface area (Å²) in [6, 6.07) is 89.8. The van der Waals surface area contributed by atoms with Crippen LogP contribution in [0.1, 0.15) is 0 Å². The minimum atomic E-state index is 0.732. The Morgan fingerprint density at radius 2 is 0.382 bits per heavy atom. The first kappa shape index (κ1) is 42.1. The van der Waals surface area contributed by atoms with Gasteiger partial charge in [0.15, 0.2) is 11.6 Å². The van der Waals surface area contributed by atoms with E-state index in [0.29, 0.717) is 0 Å². The minimum absolute atomic E-state index is 0.732. The van der Waals surface area contributed by atoms with Gasteiger partial charge in [0, 0.05) is 43.1 Å². The van der Waals surface area contributed by atoms with Crippen LogP contribution in [-0.4, -0.2) is 38.2 Å². The largest absolute Gasteiger partial charge is 0.306 e. The lowest BCUT2D eigenvalue weighted by atomic mass is 10.1. The van der Waals surface area contributed by atoms with Crippen molar-refractivity contribution in [2.75, 3.05) is 0 Å². The van der Waals surface area contributed by atoms with Crippen LogP contribution in [0.3, 0.4) is 0 Å². The molecule has 16 aromatic rings. The van der Waals surface area contributed by atoms with Crippen molar-refractivity contribution in [2.45, 2.75) is 0 Å². The SMILES string of the molecule is c1cc(-c2cccc(-c3ccc(-n4c5ccccc5c5ccccc54)c(-n4c5ccccc5c5ccccc54)n3)n2)nc(-c2ccc(-n3c4ccccc4c4ccccc43)c(-n3c4ccccc4c4ccccc43)n2)c1. The van der Waals surface area contributed by atoms with Gasteiger partial charge >= 0.3 is 0 Å². The number of benzene rings is 8. The van der Waals surface area contributed by atoms with Gasteiger partial charge in [-0.1, -0.05) is 158 Å². The number of nitrogens with zero attached hydrogens (tertiary/aromatic N) is 8. The molecule has 0 aliphatic heterocycles. The lowest BCUT2D eigenvalue weighted by Crippen LogP contribution is -2.07.